The van der Waals surface area contributed by atoms with E-state index in [1.54, 1.807) is 6.07 Å². The number of aliphatic hydroxyl groups excluding tert-OH is 1. The second kappa shape index (κ2) is 5.77. The first kappa shape index (κ1) is 12.8. The molecule has 0 atom stereocenters. The number of rotatable bonds is 4. The van der Waals surface area contributed by atoms with E-state index in [1.807, 2.05) is 30.3 Å². The van der Waals surface area contributed by atoms with Crippen LogP contribution in [0, 0.1) is 0 Å². The first-order chi connectivity index (χ1) is 9.18. The number of hydrogen-bond acceptors (Lipinski definition) is 4. The van der Waals surface area contributed by atoms with Gasteiger partial charge in [-0.2, -0.15) is 0 Å². The minimum atomic E-state index is -1.25. The van der Waals surface area contributed by atoms with Crippen molar-refractivity contribution in [1.29, 1.82) is 0 Å². The first-order valence-corrected chi connectivity index (χ1v) is 5.65. The van der Waals surface area contributed by atoms with E-state index in [-0.39, 0.29) is 23.6 Å². The minimum absolute atomic E-state index is 0.00318. The summed E-state index contributed by atoms with van der Waals surface area (Å²) < 4.78 is 0. The Kier molecular flexibility index (Phi) is 3.87. The van der Waals surface area contributed by atoms with E-state index < -0.39 is 5.97 Å². The maximum atomic E-state index is 11.2. The second-order valence-electron chi connectivity index (χ2n) is 3.86. The van der Waals surface area contributed by atoms with E-state index in [2.05, 4.69) is 9.97 Å². The van der Waals surface area contributed by atoms with Crippen molar-refractivity contribution >= 4 is 11.5 Å². The molecule has 0 unspecified atom stereocenters. The molecule has 96 valence electrons. The van der Waals surface area contributed by atoms with Gasteiger partial charge in [0, 0.05) is 18.8 Å². The Bertz CT molecular complexity index is 595. The van der Waals surface area contributed by atoms with Crippen LogP contribution in [-0.4, -0.2) is 26.2 Å². The molecule has 0 aliphatic heterocycles. The molecule has 2 aromatic rings. The van der Waals surface area contributed by atoms with Crippen molar-refractivity contribution in [3.63, 3.8) is 0 Å². The average Bonchev–Trinajstić information content (AvgIpc) is 2.40. The van der Waals surface area contributed by atoms with Crippen LogP contribution in [0.1, 0.15) is 11.4 Å². The highest BCUT2D eigenvalue weighted by Gasteiger charge is 2.19. The summed E-state index contributed by atoms with van der Waals surface area (Å²) in [7, 11) is 0. The number of carboxylic acid groups (broad SMARTS) is 1. The molecular formula is C14H12N2O3. The van der Waals surface area contributed by atoms with Gasteiger partial charge in [-0.1, -0.05) is 30.3 Å². The summed E-state index contributed by atoms with van der Waals surface area (Å²) in [6, 6.07) is 10.7. The van der Waals surface area contributed by atoms with Crippen LogP contribution in [0.25, 0.3) is 5.57 Å². The van der Waals surface area contributed by atoms with E-state index >= 15 is 0 Å². The van der Waals surface area contributed by atoms with E-state index in [9.17, 15) is 15.0 Å². The predicted octanol–water partition coefficient (Wildman–Crippen LogP) is 2.07. The van der Waals surface area contributed by atoms with Gasteiger partial charge in [-0.05, 0) is 11.6 Å². The average molecular weight is 256 g/mol. The molecule has 1 aromatic heterocycles. The molecule has 0 aliphatic carbocycles. The molecular weight excluding hydrogens is 244 g/mol. The van der Waals surface area contributed by atoms with Crippen LogP contribution < -0.4 is 0 Å². The number of hydrogen-bond donors (Lipinski definition) is 2. The molecule has 0 bridgehead atoms. The lowest BCUT2D eigenvalue weighted by atomic mass is 10.1. The summed E-state index contributed by atoms with van der Waals surface area (Å²) in [5.74, 6) is -1.51. The van der Waals surface area contributed by atoms with E-state index in [4.69, 9.17) is 0 Å². The number of carbonyl (C=O) groups is 1. The topological polar surface area (TPSA) is 83.3 Å². The number of aromatic nitrogens is 2. The third kappa shape index (κ3) is 3.16. The number of allylic oxidation sites excluding steroid dienone is 1. The molecule has 0 saturated heterocycles. The van der Waals surface area contributed by atoms with Gasteiger partial charge in [0.1, 0.15) is 11.3 Å². The van der Waals surface area contributed by atoms with Crippen LogP contribution in [0.15, 0.2) is 54.6 Å². The van der Waals surface area contributed by atoms with Crippen molar-refractivity contribution in [2.45, 2.75) is 6.42 Å². The molecule has 5 heteroatoms. The predicted molar refractivity (Wildman–Crippen MR) is 69.4 cm³/mol. The second-order valence-corrected chi connectivity index (χ2v) is 3.86. The van der Waals surface area contributed by atoms with Crippen molar-refractivity contribution in [3.05, 3.63) is 65.9 Å². The van der Waals surface area contributed by atoms with Gasteiger partial charge >= 0.3 is 5.97 Å². The van der Waals surface area contributed by atoms with Crippen molar-refractivity contribution in [2.75, 3.05) is 0 Å². The van der Waals surface area contributed by atoms with Gasteiger partial charge in [0.25, 0.3) is 0 Å². The first-order valence-electron chi connectivity index (χ1n) is 5.65. The standard InChI is InChI=1S/C14H12N2O3/c17-11(9-10-5-2-1-3-6-10)12(14(18)19)13-15-7-4-8-16-13/h1-8,17H,9H2,(H,18,19). The maximum Gasteiger partial charge on any atom is 0.343 e. The zero-order chi connectivity index (χ0) is 13.7. The Labute approximate surface area is 109 Å². The van der Waals surface area contributed by atoms with Crippen LogP contribution in [0.3, 0.4) is 0 Å². The van der Waals surface area contributed by atoms with Gasteiger partial charge in [0.05, 0.1) is 0 Å². The molecule has 2 rings (SSSR count). The minimum Gasteiger partial charge on any atom is -0.511 e. The largest absolute Gasteiger partial charge is 0.511 e. The number of aliphatic hydroxyl groups is 1. The lowest BCUT2D eigenvalue weighted by Gasteiger charge is -2.06. The quantitative estimate of drug-likeness (QED) is 0.646. The fraction of sp³-hybridized carbons (Fsp3) is 0.0714. The molecule has 0 amide bonds. The van der Waals surface area contributed by atoms with Crippen molar-refractivity contribution in [2.24, 2.45) is 0 Å². The summed E-state index contributed by atoms with van der Waals surface area (Å²) in [5.41, 5.74) is 0.541. The van der Waals surface area contributed by atoms with Crippen LogP contribution in [0.2, 0.25) is 0 Å². The van der Waals surface area contributed by atoms with Gasteiger partial charge < -0.3 is 10.2 Å². The lowest BCUT2D eigenvalue weighted by Crippen LogP contribution is -2.08. The number of carboxylic acids is 1. The smallest absolute Gasteiger partial charge is 0.343 e. The normalized spacial score (nSPS) is 11.8. The van der Waals surface area contributed by atoms with Crippen LogP contribution >= 0.6 is 0 Å². The van der Waals surface area contributed by atoms with Gasteiger partial charge in [0.15, 0.2) is 5.82 Å². The highest BCUT2D eigenvalue weighted by atomic mass is 16.4. The Morgan fingerprint density at radius 2 is 1.63 bits per heavy atom. The molecule has 0 radical (unpaired) electrons. The van der Waals surface area contributed by atoms with E-state index in [0.717, 1.165) is 5.56 Å². The van der Waals surface area contributed by atoms with E-state index in [1.165, 1.54) is 12.4 Å². The highest BCUT2D eigenvalue weighted by molar-refractivity contribution is 6.14. The third-order valence-electron chi connectivity index (χ3n) is 2.51. The summed E-state index contributed by atoms with van der Waals surface area (Å²) in [6.07, 6.45) is 2.99. The van der Waals surface area contributed by atoms with Crippen molar-refractivity contribution < 1.29 is 15.0 Å². The van der Waals surface area contributed by atoms with Gasteiger partial charge in [-0.25, -0.2) is 14.8 Å². The summed E-state index contributed by atoms with van der Waals surface area (Å²) in [5, 5.41) is 19.2. The molecule has 0 fully saturated rings. The third-order valence-corrected chi connectivity index (χ3v) is 2.51. The Hall–Kier alpha value is -2.69. The molecule has 0 aliphatic rings. The van der Waals surface area contributed by atoms with Gasteiger partial charge in [-0.3, -0.25) is 0 Å². The van der Waals surface area contributed by atoms with Gasteiger partial charge in [0.2, 0.25) is 0 Å². The zero-order valence-corrected chi connectivity index (χ0v) is 10.0. The molecule has 1 aromatic carbocycles. The monoisotopic (exact) mass is 256 g/mol. The highest BCUT2D eigenvalue weighted by Crippen LogP contribution is 2.17. The molecule has 0 spiro atoms. The van der Waals surface area contributed by atoms with Gasteiger partial charge in [-0.15, -0.1) is 0 Å². The molecule has 2 N–H and O–H groups in total. The molecule has 1 heterocycles. The zero-order valence-electron chi connectivity index (χ0n) is 10.0. The molecule has 5 nitrogen and oxygen atoms in total. The van der Waals surface area contributed by atoms with Crippen LogP contribution in [0.4, 0.5) is 0 Å². The fourth-order valence-electron chi connectivity index (χ4n) is 1.65. The van der Waals surface area contributed by atoms with Crippen LogP contribution in [-0.2, 0) is 11.2 Å². The maximum absolute atomic E-state index is 11.2. The Balaban J connectivity index is 2.37. The fourth-order valence-corrected chi connectivity index (χ4v) is 1.65. The SMILES string of the molecule is O=C(O)C(=C(O)Cc1ccccc1)c1ncccn1. The molecule has 19 heavy (non-hydrogen) atoms. The number of nitrogens with zero attached hydrogens (tertiary/aromatic N) is 2. The number of aliphatic carboxylic acids is 1. The van der Waals surface area contributed by atoms with Crippen molar-refractivity contribution in [1.82, 2.24) is 9.97 Å². The summed E-state index contributed by atoms with van der Waals surface area (Å²) in [6.45, 7) is 0. The lowest BCUT2D eigenvalue weighted by molar-refractivity contribution is -0.130. The van der Waals surface area contributed by atoms with E-state index in [0.29, 0.717) is 0 Å². The van der Waals surface area contributed by atoms with Crippen LogP contribution in [0.5, 0.6) is 0 Å². The Morgan fingerprint density at radius 1 is 1.00 bits per heavy atom. The Morgan fingerprint density at radius 3 is 2.21 bits per heavy atom. The van der Waals surface area contributed by atoms with Crippen molar-refractivity contribution in [3.8, 4) is 0 Å². The molecule has 0 saturated carbocycles. The number of benzene rings is 1. The summed E-state index contributed by atoms with van der Waals surface area (Å²) in [4.78, 5) is 18.9. The summed E-state index contributed by atoms with van der Waals surface area (Å²) >= 11 is 0.